The van der Waals surface area contributed by atoms with Gasteiger partial charge in [0.25, 0.3) is 0 Å². The van der Waals surface area contributed by atoms with Gasteiger partial charge in [-0.3, -0.25) is 4.79 Å². The van der Waals surface area contributed by atoms with Gasteiger partial charge in [0.1, 0.15) is 17.5 Å². The maximum Gasteiger partial charge on any atom is 0.138 e. The second kappa shape index (κ2) is 3.42. The van der Waals surface area contributed by atoms with Crippen molar-refractivity contribution < 1.29 is 9.53 Å². The lowest BCUT2D eigenvalue weighted by molar-refractivity contribution is -0.116. The van der Waals surface area contributed by atoms with Crippen molar-refractivity contribution in [3.05, 3.63) is 23.8 Å². The maximum absolute atomic E-state index is 10.9. The molecule has 0 amide bonds. The van der Waals surface area contributed by atoms with Gasteiger partial charge in [0, 0.05) is 6.42 Å². The molecule has 1 aromatic carbocycles. The number of carbonyl (C=O) groups excluding carboxylic acids is 1. The van der Waals surface area contributed by atoms with Gasteiger partial charge in [0.15, 0.2) is 0 Å². The number of hydrogen-bond donors (Lipinski definition) is 0. The summed E-state index contributed by atoms with van der Waals surface area (Å²) < 4.78 is 5.37. The first kappa shape index (κ1) is 8.63. The summed E-state index contributed by atoms with van der Waals surface area (Å²) in [6, 6.07) is 5.96. The summed E-state index contributed by atoms with van der Waals surface area (Å²) in [5.41, 5.74) is 1.04. The molecule has 13 heavy (non-hydrogen) atoms. The minimum atomic E-state index is 0.186. The van der Waals surface area contributed by atoms with Crippen molar-refractivity contribution in [2.75, 3.05) is 5.94 Å². The van der Waals surface area contributed by atoms with Crippen LogP contribution < -0.4 is 4.74 Å². The van der Waals surface area contributed by atoms with Crippen molar-refractivity contribution in [3.8, 4) is 5.75 Å². The van der Waals surface area contributed by atoms with E-state index in [1.807, 2.05) is 18.2 Å². The minimum Gasteiger partial charge on any atom is -0.481 e. The summed E-state index contributed by atoms with van der Waals surface area (Å²) in [6.07, 6.45) is 0.501. The highest BCUT2D eigenvalue weighted by molar-refractivity contribution is 7.99. The number of ketones is 1. The van der Waals surface area contributed by atoms with Crippen LogP contribution in [0.5, 0.6) is 5.75 Å². The van der Waals surface area contributed by atoms with E-state index >= 15 is 0 Å². The molecule has 1 aliphatic rings. The first-order valence-corrected chi connectivity index (χ1v) is 5.12. The van der Waals surface area contributed by atoms with Crippen LogP contribution in [0.1, 0.15) is 12.5 Å². The number of rotatable bonds is 2. The smallest absolute Gasteiger partial charge is 0.138 e. The van der Waals surface area contributed by atoms with Crippen molar-refractivity contribution in [3.63, 3.8) is 0 Å². The second-order valence-corrected chi connectivity index (χ2v) is 4.03. The first-order valence-electron chi connectivity index (χ1n) is 4.13. The summed E-state index contributed by atoms with van der Waals surface area (Å²) in [7, 11) is 0. The molecule has 3 heteroatoms. The Hall–Kier alpha value is -0.960. The van der Waals surface area contributed by atoms with Crippen LogP contribution >= 0.6 is 11.8 Å². The molecule has 0 bridgehead atoms. The lowest BCUT2D eigenvalue weighted by Crippen LogP contribution is -1.96. The molecule has 0 radical (unpaired) electrons. The van der Waals surface area contributed by atoms with E-state index in [0.717, 1.165) is 11.3 Å². The second-order valence-electron chi connectivity index (χ2n) is 3.07. The average molecular weight is 194 g/mol. The van der Waals surface area contributed by atoms with Crippen LogP contribution in [0.3, 0.4) is 0 Å². The average Bonchev–Trinajstić information content (AvgIpc) is 2.49. The fraction of sp³-hybridized carbons (Fsp3) is 0.300. The standard InChI is InChI=1S/C10H10O2S/c1-7(11)4-8-2-3-10-9(5-8)12-6-13-10/h2-3,5H,4,6H2,1H3. The number of ether oxygens (including phenoxy) is 1. The van der Waals surface area contributed by atoms with E-state index in [-0.39, 0.29) is 5.78 Å². The highest BCUT2D eigenvalue weighted by atomic mass is 32.2. The predicted molar refractivity (Wildman–Crippen MR) is 52.2 cm³/mol. The van der Waals surface area contributed by atoms with E-state index in [1.165, 1.54) is 4.90 Å². The van der Waals surface area contributed by atoms with Gasteiger partial charge in [-0.05, 0) is 24.6 Å². The lowest BCUT2D eigenvalue weighted by atomic mass is 10.1. The Labute approximate surface area is 81.3 Å². The Morgan fingerprint density at radius 1 is 1.62 bits per heavy atom. The molecular weight excluding hydrogens is 184 g/mol. The Morgan fingerprint density at radius 2 is 2.46 bits per heavy atom. The molecular formula is C10H10O2S. The van der Waals surface area contributed by atoms with Crippen LogP contribution in [0.2, 0.25) is 0 Å². The normalized spacial score (nSPS) is 13.6. The van der Waals surface area contributed by atoms with Gasteiger partial charge < -0.3 is 4.74 Å². The van der Waals surface area contributed by atoms with E-state index in [0.29, 0.717) is 12.4 Å². The van der Waals surface area contributed by atoms with Gasteiger partial charge in [-0.25, -0.2) is 0 Å². The molecule has 0 spiro atoms. The fourth-order valence-electron chi connectivity index (χ4n) is 1.34. The molecule has 0 fully saturated rings. The van der Waals surface area contributed by atoms with Gasteiger partial charge in [-0.1, -0.05) is 17.8 Å². The minimum absolute atomic E-state index is 0.186. The number of Topliss-reactive ketones (excluding diaryl/α,β-unsaturated/α-hetero) is 1. The summed E-state index contributed by atoms with van der Waals surface area (Å²) in [5, 5.41) is 0. The van der Waals surface area contributed by atoms with Gasteiger partial charge in [-0.15, -0.1) is 0 Å². The third kappa shape index (κ3) is 1.86. The quantitative estimate of drug-likeness (QED) is 0.722. The largest absolute Gasteiger partial charge is 0.481 e. The van der Waals surface area contributed by atoms with Crippen LogP contribution in [0.4, 0.5) is 0 Å². The molecule has 68 valence electrons. The zero-order chi connectivity index (χ0) is 9.26. The molecule has 0 atom stereocenters. The van der Waals surface area contributed by atoms with Crippen LogP contribution in [0, 0.1) is 0 Å². The summed E-state index contributed by atoms with van der Waals surface area (Å²) >= 11 is 1.69. The van der Waals surface area contributed by atoms with E-state index in [1.54, 1.807) is 18.7 Å². The van der Waals surface area contributed by atoms with Crippen molar-refractivity contribution in [2.45, 2.75) is 18.2 Å². The SMILES string of the molecule is CC(=O)Cc1ccc2c(c1)OCS2. The highest BCUT2D eigenvalue weighted by Crippen LogP contribution is 2.36. The van der Waals surface area contributed by atoms with E-state index in [4.69, 9.17) is 4.74 Å². The molecule has 0 saturated carbocycles. The lowest BCUT2D eigenvalue weighted by Gasteiger charge is -2.00. The summed E-state index contributed by atoms with van der Waals surface area (Å²) in [4.78, 5) is 12.0. The highest BCUT2D eigenvalue weighted by Gasteiger charge is 2.12. The van der Waals surface area contributed by atoms with Crippen LogP contribution in [-0.4, -0.2) is 11.7 Å². The number of benzene rings is 1. The third-order valence-electron chi connectivity index (χ3n) is 1.89. The molecule has 1 aromatic rings. The molecule has 0 saturated heterocycles. The van der Waals surface area contributed by atoms with Crippen LogP contribution in [-0.2, 0) is 11.2 Å². The first-order chi connectivity index (χ1) is 6.25. The fourth-order valence-corrected chi connectivity index (χ4v) is 2.08. The summed E-state index contributed by atoms with van der Waals surface area (Å²) in [5.74, 6) is 1.80. The number of fused-ring (bicyclic) bond motifs is 1. The molecule has 2 rings (SSSR count). The molecule has 1 aliphatic heterocycles. The molecule has 0 aliphatic carbocycles. The maximum atomic E-state index is 10.9. The third-order valence-corrected chi connectivity index (χ3v) is 2.77. The topological polar surface area (TPSA) is 26.3 Å². The molecule has 0 aromatic heterocycles. The van der Waals surface area contributed by atoms with E-state index in [2.05, 4.69) is 0 Å². The van der Waals surface area contributed by atoms with Crippen molar-refractivity contribution in [1.29, 1.82) is 0 Å². The van der Waals surface area contributed by atoms with Gasteiger partial charge >= 0.3 is 0 Å². The molecule has 0 unspecified atom stereocenters. The number of carbonyl (C=O) groups is 1. The zero-order valence-corrected chi connectivity index (χ0v) is 8.19. The van der Waals surface area contributed by atoms with Gasteiger partial charge in [0.2, 0.25) is 0 Å². The number of thioether (sulfide) groups is 1. The van der Waals surface area contributed by atoms with Crippen LogP contribution in [0.15, 0.2) is 23.1 Å². The Morgan fingerprint density at radius 3 is 3.23 bits per heavy atom. The van der Waals surface area contributed by atoms with Gasteiger partial charge in [0.05, 0.1) is 4.90 Å². The number of hydrogen-bond acceptors (Lipinski definition) is 3. The van der Waals surface area contributed by atoms with E-state index in [9.17, 15) is 4.79 Å². The van der Waals surface area contributed by atoms with Crippen molar-refractivity contribution >= 4 is 17.5 Å². The van der Waals surface area contributed by atoms with Crippen molar-refractivity contribution in [2.24, 2.45) is 0 Å². The Kier molecular flexibility index (Phi) is 2.27. The monoisotopic (exact) mass is 194 g/mol. The molecule has 1 heterocycles. The molecule has 2 nitrogen and oxygen atoms in total. The summed E-state index contributed by atoms with van der Waals surface area (Å²) in [6.45, 7) is 1.60. The Balaban J connectivity index is 2.25. The predicted octanol–water partition coefficient (Wildman–Crippen LogP) is 2.26. The Bertz CT molecular complexity index is 347. The zero-order valence-electron chi connectivity index (χ0n) is 7.37. The van der Waals surface area contributed by atoms with Crippen LogP contribution in [0.25, 0.3) is 0 Å². The van der Waals surface area contributed by atoms with Crippen molar-refractivity contribution in [1.82, 2.24) is 0 Å². The van der Waals surface area contributed by atoms with Gasteiger partial charge in [-0.2, -0.15) is 0 Å². The molecule has 0 N–H and O–H groups in total. The van der Waals surface area contributed by atoms with E-state index < -0.39 is 0 Å².